The van der Waals surface area contributed by atoms with E-state index in [2.05, 4.69) is 58.7 Å². The van der Waals surface area contributed by atoms with Crippen molar-refractivity contribution in [1.82, 2.24) is 9.21 Å². The number of aliphatic hydroxyl groups is 1. The molecule has 2 unspecified atom stereocenters. The fourth-order valence-corrected chi connectivity index (χ4v) is 6.76. The van der Waals surface area contributed by atoms with Crippen molar-refractivity contribution in [3.8, 4) is 0 Å². The van der Waals surface area contributed by atoms with E-state index in [9.17, 15) is 5.11 Å². The number of hydrogen-bond acceptors (Lipinski definition) is 4. The summed E-state index contributed by atoms with van der Waals surface area (Å²) < 4.78 is 2.44. The molecule has 3 aromatic carbocycles. The molecule has 1 saturated heterocycles. The van der Waals surface area contributed by atoms with Crippen molar-refractivity contribution in [2.24, 2.45) is 5.92 Å². The maximum atomic E-state index is 11.1. The van der Waals surface area contributed by atoms with Gasteiger partial charge >= 0.3 is 0 Å². The fourth-order valence-electron chi connectivity index (χ4n) is 5.70. The lowest BCUT2D eigenvalue weighted by Crippen LogP contribution is -2.45. The van der Waals surface area contributed by atoms with Crippen molar-refractivity contribution >= 4 is 23.5 Å². The van der Waals surface area contributed by atoms with Gasteiger partial charge in [0.05, 0.1) is 5.60 Å². The molecule has 1 heterocycles. The van der Waals surface area contributed by atoms with Gasteiger partial charge < -0.3 is 10.0 Å². The Morgan fingerprint density at radius 1 is 0.895 bits per heavy atom. The average Bonchev–Trinajstić information content (AvgIpc) is 3.42. The van der Waals surface area contributed by atoms with Crippen LogP contribution >= 0.6 is 23.5 Å². The van der Waals surface area contributed by atoms with Gasteiger partial charge in [-0.15, -0.1) is 0 Å². The topological polar surface area (TPSA) is 26.7 Å². The summed E-state index contributed by atoms with van der Waals surface area (Å²) in [5.74, 6) is 0.776. The first-order valence-corrected chi connectivity index (χ1v) is 15.3. The Morgan fingerprint density at radius 2 is 1.50 bits per heavy atom. The molecule has 3 nitrogen and oxygen atoms in total. The number of nitrogens with zero attached hydrogens (tertiary/aromatic N) is 2. The molecule has 2 atom stereocenters. The first-order valence-electron chi connectivity index (χ1n) is 14.1. The highest BCUT2D eigenvalue weighted by molar-refractivity contribution is 7.97. The molecule has 0 bridgehead atoms. The molecule has 1 aliphatic carbocycles. The average molecular weight is 551 g/mol. The molecular formula is C33H43ClN2OS. The highest BCUT2D eigenvalue weighted by Crippen LogP contribution is 2.36. The maximum Gasteiger partial charge on any atom is 0.0672 e. The molecule has 2 fully saturated rings. The van der Waals surface area contributed by atoms with E-state index in [4.69, 9.17) is 11.6 Å². The predicted molar refractivity (Wildman–Crippen MR) is 163 cm³/mol. The minimum absolute atomic E-state index is 0.459. The van der Waals surface area contributed by atoms with Crippen LogP contribution in [-0.4, -0.2) is 52.6 Å². The Hall–Kier alpha value is -1.82. The molecule has 0 spiro atoms. The van der Waals surface area contributed by atoms with Crippen LogP contribution in [0.1, 0.15) is 50.5 Å². The fraction of sp³-hybridized carbons (Fsp3) is 0.455. The number of aryl methyl sites for hydroxylation is 1. The van der Waals surface area contributed by atoms with Crippen molar-refractivity contribution < 1.29 is 5.11 Å². The van der Waals surface area contributed by atoms with Crippen LogP contribution in [0.5, 0.6) is 0 Å². The molecule has 0 amide bonds. The largest absolute Gasteiger partial charge is 0.390 e. The Balaban J connectivity index is 0.000000494. The van der Waals surface area contributed by atoms with Crippen LogP contribution in [-0.2, 0) is 6.42 Å². The van der Waals surface area contributed by atoms with Crippen LogP contribution < -0.4 is 0 Å². The van der Waals surface area contributed by atoms with E-state index in [1.807, 2.05) is 60.5 Å². The Kier molecular flexibility index (Phi) is 11.6. The smallest absolute Gasteiger partial charge is 0.0672 e. The van der Waals surface area contributed by atoms with E-state index >= 15 is 0 Å². The Bertz CT molecular complexity index is 1010. The second-order valence-electron chi connectivity index (χ2n) is 10.9. The summed E-state index contributed by atoms with van der Waals surface area (Å²) in [5.41, 5.74) is 0.919. The number of rotatable bonds is 9. The number of piperidine rings is 1. The van der Waals surface area contributed by atoms with Crippen molar-refractivity contribution in [1.29, 1.82) is 0 Å². The van der Waals surface area contributed by atoms with Gasteiger partial charge in [-0.2, -0.15) is 0 Å². The molecule has 38 heavy (non-hydrogen) atoms. The van der Waals surface area contributed by atoms with Crippen LogP contribution in [0.15, 0.2) is 95.9 Å². The number of halogens is 1. The zero-order valence-electron chi connectivity index (χ0n) is 22.7. The predicted octanol–water partition coefficient (Wildman–Crippen LogP) is 7.98. The van der Waals surface area contributed by atoms with Crippen molar-refractivity contribution in [3.05, 3.63) is 102 Å². The third-order valence-electron chi connectivity index (χ3n) is 8.01. The summed E-state index contributed by atoms with van der Waals surface area (Å²) in [5, 5.41) is 11.8. The standard InChI is InChI=1S/C27H37ClN2OS.C6H6/c1-29(32-26-13-10-24(28)11-14-26)25-12-9-23(20-25)21-30-18-16-27(31,17-19-30)15-5-8-22-6-3-2-4-7-22;1-2-4-6-5-3-1/h2-4,6-7,10-11,13-14,23,25,31H,5,8-9,12,15-21H2,1H3;1-6H. The number of likely N-dealkylation sites (tertiary alicyclic amines) is 1. The van der Waals surface area contributed by atoms with Gasteiger partial charge in [-0.3, -0.25) is 0 Å². The van der Waals surface area contributed by atoms with Gasteiger partial charge in [0.1, 0.15) is 0 Å². The molecule has 5 heteroatoms. The lowest BCUT2D eigenvalue weighted by atomic mass is 9.85. The Labute approximate surface area is 239 Å². The minimum Gasteiger partial charge on any atom is -0.390 e. The first kappa shape index (κ1) is 29.2. The second kappa shape index (κ2) is 15.1. The maximum absolute atomic E-state index is 11.1. The zero-order valence-corrected chi connectivity index (χ0v) is 24.3. The summed E-state index contributed by atoms with van der Waals surface area (Å²) in [6.45, 7) is 3.27. The molecule has 0 radical (unpaired) electrons. The summed E-state index contributed by atoms with van der Waals surface area (Å²) in [4.78, 5) is 3.85. The van der Waals surface area contributed by atoms with Gasteiger partial charge in [-0.05, 0) is 106 Å². The van der Waals surface area contributed by atoms with Crippen LogP contribution in [0.25, 0.3) is 0 Å². The van der Waals surface area contributed by atoms with Gasteiger partial charge in [0, 0.05) is 35.6 Å². The van der Waals surface area contributed by atoms with E-state index in [0.717, 1.165) is 56.1 Å². The highest BCUT2D eigenvalue weighted by atomic mass is 35.5. The molecule has 1 aliphatic heterocycles. The van der Waals surface area contributed by atoms with Gasteiger partial charge in [0.25, 0.3) is 0 Å². The zero-order chi connectivity index (χ0) is 26.6. The minimum atomic E-state index is -0.459. The SMILES string of the molecule is CN(Sc1ccc(Cl)cc1)C1CCC(CN2CCC(O)(CCCc3ccccc3)CC2)C1.c1ccccc1. The molecule has 0 aromatic heterocycles. The van der Waals surface area contributed by atoms with Crippen LogP contribution in [0.2, 0.25) is 5.02 Å². The van der Waals surface area contributed by atoms with Crippen LogP contribution in [0, 0.1) is 5.92 Å². The highest BCUT2D eigenvalue weighted by Gasteiger charge is 2.34. The number of hydrogen-bond donors (Lipinski definition) is 1. The van der Waals surface area contributed by atoms with E-state index in [0.29, 0.717) is 6.04 Å². The molecule has 1 N–H and O–H groups in total. The summed E-state index contributed by atoms with van der Waals surface area (Å²) in [6, 6.07) is 31.4. The van der Waals surface area contributed by atoms with Crippen molar-refractivity contribution in [3.63, 3.8) is 0 Å². The summed E-state index contributed by atoms with van der Waals surface area (Å²) in [6.07, 6.45) is 8.77. The lowest BCUT2D eigenvalue weighted by molar-refractivity contribution is -0.0314. The summed E-state index contributed by atoms with van der Waals surface area (Å²) in [7, 11) is 2.22. The third-order valence-corrected chi connectivity index (χ3v) is 9.33. The molecular weight excluding hydrogens is 508 g/mol. The van der Waals surface area contributed by atoms with Gasteiger partial charge in [-0.25, -0.2) is 4.31 Å². The van der Waals surface area contributed by atoms with Crippen molar-refractivity contribution in [2.45, 2.75) is 67.9 Å². The molecule has 5 rings (SSSR count). The second-order valence-corrected chi connectivity index (χ2v) is 12.6. The van der Waals surface area contributed by atoms with Gasteiger partial charge in [0.2, 0.25) is 0 Å². The number of benzene rings is 3. The molecule has 3 aromatic rings. The lowest BCUT2D eigenvalue weighted by Gasteiger charge is -2.39. The Morgan fingerprint density at radius 3 is 2.13 bits per heavy atom. The molecule has 2 aliphatic rings. The van der Waals surface area contributed by atoms with Gasteiger partial charge in [-0.1, -0.05) is 78.3 Å². The normalized spacial score (nSPS) is 21.2. The van der Waals surface area contributed by atoms with E-state index in [-0.39, 0.29) is 0 Å². The first-order chi connectivity index (χ1) is 18.5. The van der Waals surface area contributed by atoms with Crippen LogP contribution in [0.3, 0.4) is 0 Å². The van der Waals surface area contributed by atoms with Crippen LogP contribution in [0.4, 0.5) is 0 Å². The summed E-state index contributed by atoms with van der Waals surface area (Å²) >= 11 is 7.84. The van der Waals surface area contributed by atoms with E-state index in [1.165, 1.54) is 36.3 Å². The van der Waals surface area contributed by atoms with Gasteiger partial charge in [0.15, 0.2) is 0 Å². The van der Waals surface area contributed by atoms with E-state index < -0.39 is 5.60 Å². The monoisotopic (exact) mass is 550 g/mol. The molecule has 1 saturated carbocycles. The van der Waals surface area contributed by atoms with E-state index in [1.54, 1.807) is 0 Å². The van der Waals surface area contributed by atoms with Crippen molar-refractivity contribution in [2.75, 3.05) is 26.7 Å². The quantitative estimate of drug-likeness (QED) is 0.273. The molecule has 204 valence electrons. The third kappa shape index (κ3) is 9.73.